The van der Waals surface area contributed by atoms with Crippen molar-refractivity contribution in [3.05, 3.63) is 35.6 Å². The van der Waals surface area contributed by atoms with Gasteiger partial charge in [0.2, 0.25) is 0 Å². The summed E-state index contributed by atoms with van der Waals surface area (Å²) in [6.07, 6.45) is 3.28. The molecule has 1 N–H and O–H groups in total. The molecule has 128 valence electrons. The number of likely N-dealkylation sites (tertiary alicyclic amines) is 1. The Bertz CT molecular complexity index is 581. The molecule has 1 heterocycles. The second kappa shape index (κ2) is 6.95. The van der Waals surface area contributed by atoms with Crippen molar-refractivity contribution >= 4 is 29.9 Å². The van der Waals surface area contributed by atoms with Crippen LogP contribution in [0.4, 0.5) is 4.39 Å². The van der Waals surface area contributed by atoms with Crippen LogP contribution in [-0.4, -0.2) is 37.5 Å². The maximum absolute atomic E-state index is 14.1. The molecule has 23 heavy (non-hydrogen) atoms. The summed E-state index contributed by atoms with van der Waals surface area (Å²) in [7, 11) is 1.83. The maximum atomic E-state index is 14.1. The highest BCUT2D eigenvalue weighted by Gasteiger charge is 2.46. The van der Waals surface area contributed by atoms with E-state index in [2.05, 4.69) is 29.1 Å². The lowest BCUT2D eigenvalue weighted by Crippen LogP contribution is -2.43. The molecule has 0 atom stereocenters. The third kappa shape index (κ3) is 3.98. The molecule has 0 radical (unpaired) electrons. The van der Waals surface area contributed by atoms with Gasteiger partial charge in [-0.2, -0.15) is 0 Å². The molecule has 1 aromatic rings. The van der Waals surface area contributed by atoms with E-state index in [1.54, 1.807) is 12.1 Å². The average Bonchev–Trinajstić information content (AvgIpc) is 3.18. The largest absolute Gasteiger partial charge is 0.355 e. The molecule has 0 unspecified atom stereocenters. The van der Waals surface area contributed by atoms with Crippen molar-refractivity contribution in [2.75, 3.05) is 26.7 Å². The monoisotopic (exact) mass is 431 g/mol. The summed E-state index contributed by atoms with van der Waals surface area (Å²) in [5.41, 5.74) is 1.15. The first-order valence-corrected chi connectivity index (χ1v) is 8.16. The quantitative estimate of drug-likeness (QED) is 0.448. The molecule has 1 aliphatic carbocycles. The molecule has 2 aliphatic rings. The SMILES string of the molecule is CN=C(NCC1(c2ccccc2F)CC1)N1CCC(C)(C)C1.I. The van der Waals surface area contributed by atoms with E-state index in [-0.39, 0.29) is 35.2 Å². The van der Waals surface area contributed by atoms with Crippen LogP contribution in [0.3, 0.4) is 0 Å². The van der Waals surface area contributed by atoms with Crippen molar-refractivity contribution in [2.45, 2.75) is 38.5 Å². The zero-order chi connectivity index (χ0) is 15.8. The standard InChI is InChI=1S/C18H26FN3.HI/c1-17(2)10-11-22(13-17)16(20-3)21-12-18(8-9-18)14-6-4-5-7-15(14)19;/h4-7H,8-13H2,1-3H3,(H,20,21);1H. The summed E-state index contributed by atoms with van der Waals surface area (Å²) in [5, 5.41) is 3.49. The number of guanidine groups is 1. The predicted molar refractivity (Wildman–Crippen MR) is 104 cm³/mol. The van der Waals surface area contributed by atoms with E-state index in [0.29, 0.717) is 5.41 Å². The third-order valence-electron chi connectivity index (χ3n) is 5.07. The van der Waals surface area contributed by atoms with Gasteiger partial charge in [0, 0.05) is 32.1 Å². The maximum Gasteiger partial charge on any atom is 0.193 e. The summed E-state index contributed by atoms with van der Waals surface area (Å²) >= 11 is 0. The summed E-state index contributed by atoms with van der Waals surface area (Å²) in [6.45, 7) is 7.42. The molecule has 3 nitrogen and oxygen atoms in total. The predicted octanol–water partition coefficient (Wildman–Crippen LogP) is 3.78. The van der Waals surface area contributed by atoms with Crippen LogP contribution in [0.25, 0.3) is 0 Å². The molecular weight excluding hydrogens is 404 g/mol. The van der Waals surface area contributed by atoms with Crippen LogP contribution < -0.4 is 5.32 Å². The first kappa shape index (κ1) is 18.5. The molecule has 0 aromatic heterocycles. The Kier molecular flexibility index (Phi) is 5.59. The fourth-order valence-electron chi connectivity index (χ4n) is 3.46. The van der Waals surface area contributed by atoms with Gasteiger partial charge in [-0.1, -0.05) is 32.0 Å². The molecule has 1 aliphatic heterocycles. The fraction of sp³-hybridized carbons (Fsp3) is 0.611. The number of benzene rings is 1. The Morgan fingerprint density at radius 3 is 2.48 bits per heavy atom. The normalized spacial score (nSPS) is 21.7. The van der Waals surface area contributed by atoms with Gasteiger partial charge < -0.3 is 10.2 Å². The Morgan fingerprint density at radius 1 is 1.26 bits per heavy atom. The summed E-state index contributed by atoms with van der Waals surface area (Å²) in [4.78, 5) is 6.74. The van der Waals surface area contributed by atoms with Crippen LogP contribution in [0, 0.1) is 11.2 Å². The van der Waals surface area contributed by atoms with E-state index < -0.39 is 0 Å². The zero-order valence-corrected chi connectivity index (χ0v) is 16.6. The smallest absolute Gasteiger partial charge is 0.193 e. The minimum Gasteiger partial charge on any atom is -0.355 e. The highest BCUT2D eigenvalue weighted by atomic mass is 127. The number of hydrogen-bond acceptors (Lipinski definition) is 1. The van der Waals surface area contributed by atoms with Crippen molar-refractivity contribution in [2.24, 2.45) is 10.4 Å². The van der Waals surface area contributed by atoms with E-state index in [9.17, 15) is 4.39 Å². The molecule has 3 rings (SSSR count). The van der Waals surface area contributed by atoms with Gasteiger partial charge in [0.25, 0.3) is 0 Å². The van der Waals surface area contributed by atoms with Gasteiger partial charge in [0.1, 0.15) is 5.82 Å². The van der Waals surface area contributed by atoms with Crippen molar-refractivity contribution in [1.82, 2.24) is 10.2 Å². The van der Waals surface area contributed by atoms with Gasteiger partial charge in [0.15, 0.2) is 5.96 Å². The Morgan fingerprint density at radius 2 is 1.96 bits per heavy atom. The van der Waals surface area contributed by atoms with Crippen LogP contribution in [0.2, 0.25) is 0 Å². The van der Waals surface area contributed by atoms with E-state index in [0.717, 1.165) is 44.0 Å². The zero-order valence-electron chi connectivity index (χ0n) is 14.2. The highest BCUT2D eigenvalue weighted by molar-refractivity contribution is 14.0. The lowest BCUT2D eigenvalue weighted by atomic mass is 9.93. The molecule has 0 amide bonds. The van der Waals surface area contributed by atoms with Gasteiger partial charge in [-0.05, 0) is 36.3 Å². The van der Waals surface area contributed by atoms with Crippen molar-refractivity contribution < 1.29 is 4.39 Å². The first-order chi connectivity index (χ1) is 10.5. The fourth-order valence-corrected chi connectivity index (χ4v) is 3.46. The number of nitrogens with zero attached hydrogens (tertiary/aromatic N) is 2. The molecular formula is C18H27FIN3. The number of rotatable bonds is 3. The summed E-state index contributed by atoms with van der Waals surface area (Å²) in [6, 6.07) is 7.17. The highest BCUT2D eigenvalue weighted by Crippen LogP contribution is 2.48. The summed E-state index contributed by atoms with van der Waals surface area (Å²) in [5.74, 6) is 0.868. The Balaban J connectivity index is 0.00000192. The first-order valence-electron chi connectivity index (χ1n) is 8.16. The van der Waals surface area contributed by atoms with Crippen molar-refractivity contribution in [3.8, 4) is 0 Å². The second-order valence-corrected chi connectivity index (χ2v) is 7.50. The molecule has 1 saturated carbocycles. The number of hydrogen-bond donors (Lipinski definition) is 1. The van der Waals surface area contributed by atoms with Crippen LogP contribution in [0.1, 0.15) is 38.7 Å². The summed E-state index contributed by atoms with van der Waals surface area (Å²) < 4.78 is 14.1. The van der Waals surface area contributed by atoms with Gasteiger partial charge in [-0.25, -0.2) is 4.39 Å². The van der Waals surface area contributed by atoms with Gasteiger partial charge >= 0.3 is 0 Å². The lowest BCUT2D eigenvalue weighted by Gasteiger charge is -2.26. The Labute approximate surface area is 155 Å². The minimum atomic E-state index is -0.0842. The van der Waals surface area contributed by atoms with Gasteiger partial charge in [0.05, 0.1) is 0 Å². The molecule has 0 spiro atoms. The average molecular weight is 431 g/mol. The van der Waals surface area contributed by atoms with Gasteiger partial charge in [-0.3, -0.25) is 4.99 Å². The molecule has 1 saturated heterocycles. The topological polar surface area (TPSA) is 27.6 Å². The van der Waals surface area contributed by atoms with E-state index in [4.69, 9.17) is 0 Å². The Hall–Kier alpha value is -0.850. The number of nitrogens with one attached hydrogen (secondary N) is 1. The number of aliphatic imine (C=N–C) groups is 1. The van der Waals surface area contributed by atoms with E-state index >= 15 is 0 Å². The van der Waals surface area contributed by atoms with Crippen molar-refractivity contribution in [3.63, 3.8) is 0 Å². The minimum absolute atomic E-state index is 0. The van der Waals surface area contributed by atoms with Crippen molar-refractivity contribution in [1.29, 1.82) is 0 Å². The van der Waals surface area contributed by atoms with E-state index in [1.165, 1.54) is 6.42 Å². The van der Waals surface area contributed by atoms with Crippen LogP contribution >= 0.6 is 24.0 Å². The van der Waals surface area contributed by atoms with Crippen LogP contribution in [0.15, 0.2) is 29.3 Å². The van der Waals surface area contributed by atoms with Gasteiger partial charge in [-0.15, -0.1) is 24.0 Å². The van der Waals surface area contributed by atoms with Crippen LogP contribution in [-0.2, 0) is 5.41 Å². The molecule has 1 aromatic carbocycles. The molecule has 2 fully saturated rings. The van der Waals surface area contributed by atoms with E-state index in [1.807, 2.05) is 19.2 Å². The third-order valence-corrected chi connectivity index (χ3v) is 5.07. The lowest BCUT2D eigenvalue weighted by molar-refractivity contribution is 0.369. The second-order valence-electron chi connectivity index (χ2n) is 7.50. The molecule has 0 bridgehead atoms. The number of halogens is 2. The van der Waals surface area contributed by atoms with Crippen LogP contribution in [0.5, 0.6) is 0 Å². The molecule has 5 heteroatoms.